The molecule has 0 atom stereocenters. The lowest BCUT2D eigenvalue weighted by atomic mass is 10.3. The molecule has 0 aliphatic carbocycles. The van der Waals surface area contributed by atoms with Gasteiger partial charge in [0.1, 0.15) is 6.33 Å². The number of carbonyl (C=O) groups is 1. The van der Waals surface area contributed by atoms with Gasteiger partial charge in [0, 0.05) is 17.1 Å². The van der Waals surface area contributed by atoms with Gasteiger partial charge in [0.05, 0.1) is 16.1 Å². The molecule has 8 heteroatoms. The normalized spacial score (nSPS) is 10.8. The monoisotopic (exact) mass is 436 g/mol. The highest BCUT2D eigenvalue weighted by atomic mass is 79.9. The summed E-state index contributed by atoms with van der Waals surface area (Å²) in [6, 6.07) is 13.9. The number of halogens is 1. The van der Waals surface area contributed by atoms with Crippen molar-refractivity contribution in [3.63, 3.8) is 0 Å². The zero-order valence-electron chi connectivity index (χ0n) is 13.6. The minimum atomic E-state index is 0.0969. The summed E-state index contributed by atoms with van der Waals surface area (Å²) in [4.78, 5) is 15.6. The Bertz CT molecular complexity index is 834. The maximum absolute atomic E-state index is 12.6. The zero-order valence-corrected chi connectivity index (χ0v) is 16.9. The van der Waals surface area contributed by atoms with E-state index >= 15 is 0 Å². The SMILES string of the molecule is CCN(Cc1ccc(Br)s1)C(=O)CSc1nncn1-c1ccccc1. The van der Waals surface area contributed by atoms with E-state index in [2.05, 4.69) is 26.1 Å². The first kappa shape index (κ1) is 18.2. The number of hydrogen-bond acceptors (Lipinski definition) is 5. The molecule has 0 aliphatic heterocycles. The first-order valence-corrected chi connectivity index (χ1v) is 10.4. The lowest BCUT2D eigenvalue weighted by molar-refractivity contribution is -0.128. The maximum Gasteiger partial charge on any atom is 0.233 e. The predicted octanol–water partition coefficient (Wildman–Crippen LogP) is 4.23. The van der Waals surface area contributed by atoms with E-state index in [9.17, 15) is 4.79 Å². The number of benzene rings is 1. The molecule has 1 aromatic carbocycles. The van der Waals surface area contributed by atoms with Crippen molar-refractivity contribution in [3.8, 4) is 5.69 Å². The van der Waals surface area contributed by atoms with E-state index in [1.807, 2.05) is 58.9 Å². The third-order valence-electron chi connectivity index (χ3n) is 3.59. The Morgan fingerprint density at radius 2 is 2.08 bits per heavy atom. The third kappa shape index (κ3) is 4.71. The van der Waals surface area contributed by atoms with Crippen molar-refractivity contribution >= 4 is 44.9 Å². The van der Waals surface area contributed by atoms with E-state index in [0.29, 0.717) is 18.8 Å². The average Bonchev–Trinajstić information content (AvgIpc) is 3.27. The van der Waals surface area contributed by atoms with Gasteiger partial charge in [-0.25, -0.2) is 0 Å². The van der Waals surface area contributed by atoms with Crippen molar-refractivity contribution in [1.82, 2.24) is 19.7 Å². The topological polar surface area (TPSA) is 51.0 Å². The molecule has 0 spiro atoms. The van der Waals surface area contributed by atoms with Crippen LogP contribution in [-0.2, 0) is 11.3 Å². The van der Waals surface area contributed by atoms with E-state index in [4.69, 9.17) is 0 Å². The summed E-state index contributed by atoms with van der Waals surface area (Å²) in [5.41, 5.74) is 0.984. The van der Waals surface area contributed by atoms with Crippen LogP contribution in [0.15, 0.2) is 57.7 Å². The van der Waals surface area contributed by atoms with Gasteiger partial charge in [-0.05, 0) is 47.1 Å². The molecule has 0 N–H and O–H groups in total. The van der Waals surface area contributed by atoms with E-state index in [1.54, 1.807) is 17.7 Å². The van der Waals surface area contributed by atoms with Gasteiger partial charge in [-0.2, -0.15) is 0 Å². The molecule has 0 aliphatic rings. The second-order valence-corrected chi connectivity index (χ2v) is 8.71. The number of nitrogens with zero attached hydrogens (tertiary/aromatic N) is 4. The second-order valence-electron chi connectivity index (χ2n) is 5.22. The van der Waals surface area contributed by atoms with Gasteiger partial charge in [-0.15, -0.1) is 21.5 Å². The Balaban J connectivity index is 1.63. The van der Waals surface area contributed by atoms with Crippen LogP contribution in [0.5, 0.6) is 0 Å². The van der Waals surface area contributed by atoms with Crippen molar-refractivity contribution in [3.05, 3.63) is 57.5 Å². The van der Waals surface area contributed by atoms with Crippen molar-refractivity contribution in [2.75, 3.05) is 12.3 Å². The Hall–Kier alpha value is -1.64. The predicted molar refractivity (Wildman–Crippen MR) is 105 cm³/mol. The summed E-state index contributed by atoms with van der Waals surface area (Å²) in [6.07, 6.45) is 1.67. The lowest BCUT2D eigenvalue weighted by Crippen LogP contribution is -2.31. The lowest BCUT2D eigenvalue weighted by Gasteiger charge is -2.19. The van der Waals surface area contributed by atoms with Crippen molar-refractivity contribution < 1.29 is 4.79 Å². The number of hydrogen-bond donors (Lipinski definition) is 0. The molecule has 5 nitrogen and oxygen atoms in total. The molecule has 3 aromatic rings. The van der Waals surface area contributed by atoms with Crippen molar-refractivity contribution in [2.24, 2.45) is 0 Å². The van der Waals surface area contributed by atoms with Gasteiger partial charge in [0.2, 0.25) is 5.91 Å². The first-order valence-electron chi connectivity index (χ1n) is 7.77. The number of para-hydroxylation sites is 1. The quantitative estimate of drug-likeness (QED) is 0.519. The molecule has 0 saturated carbocycles. The number of carbonyl (C=O) groups excluding carboxylic acids is 1. The zero-order chi connectivity index (χ0) is 17.6. The van der Waals surface area contributed by atoms with Crippen LogP contribution in [0.25, 0.3) is 5.69 Å². The third-order valence-corrected chi connectivity index (χ3v) is 6.12. The molecule has 0 bridgehead atoms. The largest absolute Gasteiger partial charge is 0.337 e. The van der Waals surface area contributed by atoms with Crippen LogP contribution in [0.2, 0.25) is 0 Å². The van der Waals surface area contributed by atoms with Gasteiger partial charge in [-0.3, -0.25) is 9.36 Å². The number of thioether (sulfide) groups is 1. The Morgan fingerprint density at radius 1 is 1.28 bits per heavy atom. The highest BCUT2D eigenvalue weighted by molar-refractivity contribution is 9.11. The fourth-order valence-electron chi connectivity index (χ4n) is 2.31. The van der Waals surface area contributed by atoms with Gasteiger partial charge >= 0.3 is 0 Å². The molecule has 0 saturated heterocycles. The number of aromatic nitrogens is 3. The fraction of sp³-hybridized carbons (Fsp3) is 0.235. The molecule has 2 heterocycles. The second kappa shape index (κ2) is 8.64. The van der Waals surface area contributed by atoms with Crippen molar-refractivity contribution in [1.29, 1.82) is 0 Å². The average molecular weight is 437 g/mol. The summed E-state index contributed by atoms with van der Waals surface area (Å²) in [7, 11) is 0. The minimum Gasteiger partial charge on any atom is -0.337 e. The number of rotatable bonds is 7. The first-order chi connectivity index (χ1) is 12.2. The molecular weight excluding hydrogens is 420 g/mol. The minimum absolute atomic E-state index is 0.0969. The molecule has 2 aromatic heterocycles. The summed E-state index contributed by atoms with van der Waals surface area (Å²) >= 11 is 6.52. The van der Waals surface area contributed by atoms with Gasteiger partial charge < -0.3 is 4.90 Å². The van der Waals surface area contributed by atoms with Crippen LogP contribution in [-0.4, -0.2) is 37.9 Å². The highest BCUT2D eigenvalue weighted by Crippen LogP contribution is 2.24. The number of thiophene rings is 1. The molecule has 1 amide bonds. The van der Waals surface area contributed by atoms with Crippen molar-refractivity contribution in [2.45, 2.75) is 18.6 Å². The van der Waals surface area contributed by atoms with E-state index < -0.39 is 0 Å². The summed E-state index contributed by atoms with van der Waals surface area (Å²) in [5, 5.41) is 8.83. The van der Waals surface area contributed by atoms with Crippen LogP contribution in [0.1, 0.15) is 11.8 Å². The molecule has 130 valence electrons. The summed E-state index contributed by atoms with van der Waals surface area (Å²) < 4.78 is 2.97. The molecule has 3 rings (SSSR count). The highest BCUT2D eigenvalue weighted by Gasteiger charge is 2.16. The van der Waals surface area contributed by atoms with Crippen LogP contribution in [0.3, 0.4) is 0 Å². The van der Waals surface area contributed by atoms with Gasteiger partial charge in [0.15, 0.2) is 5.16 Å². The van der Waals surface area contributed by atoms with E-state index in [0.717, 1.165) is 14.6 Å². The van der Waals surface area contributed by atoms with Gasteiger partial charge in [-0.1, -0.05) is 30.0 Å². The Labute approximate surface area is 163 Å². The van der Waals surface area contributed by atoms with E-state index in [-0.39, 0.29) is 5.91 Å². The van der Waals surface area contributed by atoms with Crippen LogP contribution >= 0.6 is 39.0 Å². The van der Waals surface area contributed by atoms with Gasteiger partial charge in [0.25, 0.3) is 0 Å². The van der Waals surface area contributed by atoms with Crippen LogP contribution < -0.4 is 0 Å². The number of amides is 1. The summed E-state index contributed by atoms with van der Waals surface area (Å²) in [5.74, 6) is 0.436. The molecule has 0 fully saturated rings. The van der Waals surface area contributed by atoms with Crippen LogP contribution in [0, 0.1) is 0 Å². The Morgan fingerprint density at radius 3 is 2.76 bits per heavy atom. The molecule has 25 heavy (non-hydrogen) atoms. The molecule has 0 radical (unpaired) electrons. The maximum atomic E-state index is 12.6. The smallest absolute Gasteiger partial charge is 0.233 e. The summed E-state index contributed by atoms with van der Waals surface area (Å²) in [6.45, 7) is 3.31. The van der Waals surface area contributed by atoms with Crippen LogP contribution in [0.4, 0.5) is 0 Å². The molecular formula is C17H17BrN4OS2. The Kier molecular flexibility index (Phi) is 6.28. The standard InChI is InChI=1S/C17H17BrN4OS2/c1-2-21(10-14-8-9-15(18)25-14)16(23)11-24-17-20-19-12-22(17)13-6-4-3-5-7-13/h3-9,12H,2,10-11H2,1H3. The fourth-order valence-corrected chi connectivity index (χ4v) is 4.64. The van der Waals surface area contributed by atoms with E-state index in [1.165, 1.54) is 16.6 Å². The molecule has 0 unspecified atom stereocenters.